The van der Waals surface area contributed by atoms with E-state index in [0.29, 0.717) is 0 Å². The molecule has 0 saturated carbocycles. The molecule has 0 aliphatic carbocycles. The van der Waals surface area contributed by atoms with Crippen molar-refractivity contribution in [2.24, 2.45) is 0 Å². The van der Waals surface area contributed by atoms with Crippen molar-refractivity contribution < 1.29 is 0 Å². The van der Waals surface area contributed by atoms with Gasteiger partial charge in [0.1, 0.15) is 4.60 Å². The molecule has 0 aliphatic rings. The molecule has 2 aromatic heterocycles. The average Bonchev–Trinajstić information content (AvgIpc) is 2.99. The van der Waals surface area contributed by atoms with Gasteiger partial charge in [0.05, 0.1) is 11.9 Å². The second kappa shape index (κ2) is 7.18. The molecule has 0 spiro atoms. The lowest BCUT2D eigenvalue weighted by Gasteiger charge is -2.05. The Labute approximate surface area is 133 Å². The van der Waals surface area contributed by atoms with E-state index < -0.39 is 0 Å². The number of rotatable bonds is 2. The number of nitrogens with one attached hydrogen (secondary N) is 1. The van der Waals surface area contributed by atoms with Crippen molar-refractivity contribution in [3.63, 3.8) is 0 Å². The minimum atomic E-state index is 0.821. The Morgan fingerprint density at radius 1 is 1.05 bits per heavy atom. The summed E-state index contributed by atoms with van der Waals surface area (Å²) in [5, 5.41) is 7.26. The first-order chi connectivity index (χ1) is 10.2. The molecule has 0 saturated heterocycles. The lowest BCUT2D eigenvalue weighted by molar-refractivity contribution is 1.09. The van der Waals surface area contributed by atoms with Crippen molar-refractivity contribution in [1.82, 2.24) is 15.2 Å². The minimum absolute atomic E-state index is 0.821. The molecule has 0 amide bonds. The van der Waals surface area contributed by atoms with E-state index in [1.54, 1.807) is 6.20 Å². The number of hydrogen-bond donors (Lipinski definition) is 1. The Bertz CT molecular complexity index is 659. The molecule has 0 fully saturated rings. The van der Waals surface area contributed by atoms with Crippen LogP contribution in [0.4, 0.5) is 0 Å². The van der Waals surface area contributed by atoms with Crippen molar-refractivity contribution >= 4 is 15.9 Å². The molecule has 1 aromatic carbocycles. The SMILES string of the molecule is CC.Cc1cccc(-c2[nH]ncc2-c2ccnc(Br)c2)c1. The number of halogens is 1. The molecule has 3 rings (SSSR count). The van der Waals surface area contributed by atoms with Gasteiger partial charge >= 0.3 is 0 Å². The van der Waals surface area contributed by atoms with E-state index in [4.69, 9.17) is 0 Å². The fourth-order valence-electron chi connectivity index (χ4n) is 2.10. The van der Waals surface area contributed by atoms with Crippen LogP contribution in [0.1, 0.15) is 19.4 Å². The normalized spacial score (nSPS) is 9.90. The Morgan fingerprint density at radius 3 is 2.57 bits per heavy atom. The monoisotopic (exact) mass is 343 g/mol. The fraction of sp³-hybridized carbons (Fsp3) is 0.176. The van der Waals surface area contributed by atoms with Crippen LogP contribution < -0.4 is 0 Å². The van der Waals surface area contributed by atoms with Gasteiger partial charge in [0.25, 0.3) is 0 Å². The van der Waals surface area contributed by atoms with Crippen LogP contribution in [0.3, 0.4) is 0 Å². The molecule has 1 N–H and O–H groups in total. The van der Waals surface area contributed by atoms with Gasteiger partial charge in [-0.2, -0.15) is 5.10 Å². The number of aryl methyl sites for hydroxylation is 1. The van der Waals surface area contributed by atoms with Crippen molar-refractivity contribution in [2.75, 3.05) is 0 Å². The van der Waals surface area contributed by atoms with E-state index in [9.17, 15) is 0 Å². The summed E-state index contributed by atoms with van der Waals surface area (Å²) < 4.78 is 0.821. The van der Waals surface area contributed by atoms with Crippen LogP contribution in [0.15, 0.2) is 53.4 Å². The average molecular weight is 344 g/mol. The summed E-state index contributed by atoms with van der Waals surface area (Å²) in [5.41, 5.74) is 5.57. The number of benzene rings is 1. The lowest BCUT2D eigenvalue weighted by atomic mass is 10.0. The van der Waals surface area contributed by atoms with Crippen molar-refractivity contribution in [3.8, 4) is 22.4 Å². The minimum Gasteiger partial charge on any atom is -0.277 e. The Morgan fingerprint density at radius 2 is 1.86 bits per heavy atom. The Balaban J connectivity index is 0.000000774. The molecule has 0 aliphatic heterocycles. The molecule has 3 aromatic rings. The van der Waals surface area contributed by atoms with Gasteiger partial charge in [0, 0.05) is 17.3 Å². The topological polar surface area (TPSA) is 41.6 Å². The molecule has 3 nitrogen and oxygen atoms in total. The highest BCUT2D eigenvalue weighted by atomic mass is 79.9. The molecule has 108 valence electrons. The predicted molar refractivity (Wildman–Crippen MR) is 91.0 cm³/mol. The molecular weight excluding hydrogens is 326 g/mol. The zero-order chi connectivity index (χ0) is 15.2. The molecule has 2 heterocycles. The van der Waals surface area contributed by atoms with Gasteiger partial charge in [-0.3, -0.25) is 5.10 Å². The quantitative estimate of drug-likeness (QED) is 0.646. The molecule has 0 unspecified atom stereocenters. The summed E-state index contributed by atoms with van der Waals surface area (Å²) in [7, 11) is 0. The second-order valence-electron chi connectivity index (χ2n) is 4.40. The predicted octanol–water partition coefficient (Wildman–Crippen LogP) is 5.24. The number of pyridine rings is 1. The van der Waals surface area contributed by atoms with E-state index in [1.807, 2.05) is 32.2 Å². The molecule has 0 atom stereocenters. The van der Waals surface area contributed by atoms with E-state index in [-0.39, 0.29) is 0 Å². The standard InChI is InChI=1S/C15H12BrN3.C2H6/c1-10-3-2-4-12(7-10)15-13(9-18-19-15)11-5-6-17-14(16)8-11;1-2/h2-9H,1H3,(H,18,19);1-2H3. The van der Waals surface area contributed by atoms with Crippen molar-refractivity contribution in [2.45, 2.75) is 20.8 Å². The maximum atomic E-state index is 4.17. The highest BCUT2D eigenvalue weighted by molar-refractivity contribution is 9.10. The summed E-state index contributed by atoms with van der Waals surface area (Å²) in [5.74, 6) is 0. The first-order valence-electron chi connectivity index (χ1n) is 6.96. The molecule has 4 heteroatoms. The third-order valence-electron chi connectivity index (χ3n) is 2.98. The van der Waals surface area contributed by atoms with Crippen LogP contribution in [0.2, 0.25) is 0 Å². The summed E-state index contributed by atoms with van der Waals surface area (Å²) in [6.07, 6.45) is 3.63. The molecule has 0 bridgehead atoms. The van der Waals surface area contributed by atoms with E-state index in [0.717, 1.165) is 27.0 Å². The van der Waals surface area contributed by atoms with Gasteiger partial charge in [-0.25, -0.2) is 4.98 Å². The Kier molecular flexibility index (Phi) is 5.28. The summed E-state index contributed by atoms with van der Waals surface area (Å²) in [6, 6.07) is 12.3. The van der Waals surface area contributed by atoms with Gasteiger partial charge in [0.2, 0.25) is 0 Å². The largest absolute Gasteiger partial charge is 0.277 e. The number of hydrogen-bond acceptors (Lipinski definition) is 2. The highest BCUT2D eigenvalue weighted by Gasteiger charge is 2.10. The van der Waals surface area contributed by atoms with Gasteiger partial charge in [-0.15, -0.1) is 0 Å². The zero-order valence-electron chi connectivity index (χ0n) is 12.4. The highest BCUT2D eigenvalue weighted by Crippen LogP contribution is 2.31. The van der Waals surface area contributed by atoms with Crippen LogP contribution in [-0.2, 0) is 0 Å². The van der Waals surface area contributed by atoms with Crippen LogP contribution in [-0.4, -0.2) is 15.2 Å². The fourth-order valence-corrected chi connectivity index (χ4v) is 2.46. The number of H-pyrrole nitrogens is 1. The number of nitrogens with zero attached hydrogens (tertiary/aromatic N) is 2. The third-order valence-corrected chi connectivity index (χ3v) is 3.42. The van der Waals surface area contributed by atoms with Crippen LogP contribution in [0.5, 0.6) is 0 Å². The second-order valence-corrected chi connectivity index (χ2v) is 5.21. The maximum Gasteiger partial charge on any atom is 0.106 e. The number of aromatic nitrogens is 3. The van der Waals surface area contributed by atoms with Crippen LogP contribution >= 0.6 is 15.9 Å². The van der Waals surface area contributed by atoms with Crippen LogP contribution in [0.25, 0.3) is 22.4 Å². The summed E-state index contributed by atoms with van der Waals surface area (Å²) in [6.45, 7) is 6.09. The first kappa shape index (κ1) is 15.4. The lowest BCUT2D eigenvalue weighted by Crippen LogP contribution is -1.84. The summed E-state index contributed by atoms with van der Waals surface area (Å²) >= 11 is 3.40. The Hall–Kier alpha value is -1.94. The third kappa shape index (κ3) is 3.58. The van der Waals surface area contributed by atoms with E-state index in [1.165, 1.54) is 5.56 Å². The maximum absolute atomic E-state index is 4.17. The van der Waals surface area contributed by atoms with Crippen LogP contribution in [0, 0.1) is 6.92 Å². The zero-order valence-corrected chi connectivity index (χ0v) is 14.0. The smallest absolute Gasteiger partial charge is 0.106 e. The van der Waals surface area contributed by atoms with Gasteiger partial charge in [-0.05, 0) is 46.6 Å². The van der Waals surface area contributed by atoms with Crippen molar-refractivity contribution in [3.05, 3.63) is 59.0 Å². The molecule has 21 heavy (non-hydrogen) atoms. The van der Waals surface area contributed by atoms with E-state index >= 15 is 0 Å². The van der Waals surface area contributed by atoms with Crippen molar-refractivity contribution in [1.29, 1.82) is 0 Å². The molecular formula is C17H18BrN3. The number of aromatic amines is 1. The van der Waals surface area contributed by atoms with Gasteiger partial charge in [0.15, 0.2) is 0 Å². The van der Waals surface area contributed by atoms with E-state index in [2.05, 4.69) is 62.3 Å². The first-order valence-corrected chi connectivity index (χ1v) is 7.75. The summed E-state index contributed by atoms with van der Waals surface area (Å²) in [4.78, 5) is 4.15. The van der Waals surface area contributed by atoms with Gasteiger partial charge in [-0.1, -0.05) is 37.6 Å². The molecule has 0 radical (unpaired) electrons. The van der Waals surface area contributed by atoms with Gasteiger partial charge < -0.3 is 0 Å².